The van der Waals surface area contributed by atoms with Gasteiger partial charge in [-0.1, -0.05) is 92.0 Å². The van der Waals surface area contributed by atoms with Crippen molar-refractivity contribution < 1.29 is 0 Å². The summed E-state index contributed by atoms with van der Waals surface area (Å²) in [7, 11) is 0. The first-order valence-corrected chi connectivity index (χ1v) is 11.6. The van der Waals surface area contributed by atoms with Gasteiger partial charge in [-0.25, -0.2) is 0 Å². The first kappa shape index (κ1) is 22.1. The number of fused-ring (bicyclic) bond motifs is 1. The highest BCUT2D eigenvalue weighted by atomic mass is 15.3. The molecule has 1 N–H and O–H groups in total. The maximum Gasteiger partial charge on any atom is 0.0751 e. The van der Waals surface area contributed by atoms with Gasteiger partial charge in [-0.3, -0.25) is 5.43 Å². The summed E-state index contributed by atoms with van der Waals surface area (Å²) < 4.78 is 0. The first-order chi connectivity index (χ1) is 13.4. The van der Waals surface area contributed by atoms with Gasteiger partial charge in [0.05, 0.1) is 5.71 Å². The minimum atomic E-state index is 0.180. The van der Waals surface area contributed by atoms with Crippen molar-refractivity contribution in [1.29, 1.82) is 0 Å². The van der Waals surface area contributed by atoms with E-state index >= 15 is 0 Å². The first-order valence-electron chi connectivity index (χ1n) is 11.6. The minimum absolute atomic E-state index is 0.180. The Kier molecular flexibility index (Phi) is 6.05. The van der Waals surface area contributed by atoms with Crippen molar-refractivity contribution in [2.45, 2.75) is 99.3 Å². The zero-order chi connectivity index (χ0) is 21.4. The predicted octanol–water partition coefficient (Wildman–Crippen LogP) is 7.59. The van der Waals surface area contributed by atoms with E-state index < -0.39 is 0 Å². The van der Waals surface area contributed by atoms with E-state index in [9.17, 15) is 0 Å². The van der Waals surface area contributed by atoms with Crippen molar-refractivity contribution in [3.8, 4) is 0 Å². The molecule has 2 unspecified atom stereocenters. The Labute approximate surface area is 179 Å². The summed E-state index contributed by atoms with van der Waals surface area (Å²) in [6, 6.07) is 9.15. The maximum absolute atomic E-state index is 4.88. The summed E-state index contributed by atoms with van der Waals surface area (Å²) in [6.45, 7) is 18.8. The summed E-state index contributed by atoms with van der Waals surface area (Å²) in [5.74, 6) is 0.441. The number of hydrogen-bond donors (Lipinski definition) is 1. The third-order valence-corrected chi connectivity index (χ3v) is 7.74. The van der Waals surface area contributed by atoms with E-state index in [-0.39, 0.29) is 10.8 Å². The van der Waals surface area contributed by atoms with Crippen LogP contribution in [0.1, 0.15) is 105 Å². The maximum atomic E-state index is 4.88. The molecule has 0 amide bonds. The molecule has 2 nitrogen and oxygen atoms in total. The molecule has 2 heteroatoms. The van der Waals surface area contributed by atoms with Gasteiger partial charge in [0, 0.05) is 11.6 Å². The second kappa shape index (κ2) is 7.93. The van der Waals surface area contributed by atoms with Crippen LogP contribution < -0.4 is 5.43 Å². The number of hydrazone groups is 1. The van der Waals surface area contributed by atoms with Gasteiger partial charge in [0.2, 0.25) is 0 Å². The summed E-state index contributed by atoms with van der Waals surface area (Å²) in [5, 5.41) is 4.88. The van der Waals surface area contributed by atoms with E-state index in [4.69, 9.17) is 5.10 Å². The third kappa shape index (κ3) is 4.62. The second-order valence-corrected chi connectivity index (χ2v) is 11.7. The van der Waals surface area contributed by atoms with Gasteiger partial charge >= 0.3 is 0 Å². The molecule has 0 bridgehead atoms. The molecule has 1 aliphatic carbocycles. The average molecular weight is 395 g/mol. The molecule has 2 aliphatic rings. The Bertz CT molecular complexity index is 783. The number of rotatable bonds is 1. The molecule has 0 aromatic heterocycles. The summed E-state index contributed by atoms with van der Waals surface area (Å²) in [4.78, 5) is 0. The molecular weight excluding hydrogens is 352 g/mol. The lowest BCUT2D eigenvalue weighted by Gasteiger charge is -2.44. The van der Waals surface area contributed by atoms with Crippen LogP contribution in [0.2, 0.25) is 0 Å². The van der Waals surface area contributed by atoms with Crippen molar-refractivity contribution >= 4 is 5.71 Å². The van der Waals surface area contributed by atoms with Crippen LogP contribution in [-0.2, 0) is 5.41 Å². The Morgan fingerprint density at radius 3 is 2.21 bits per heavy atom. The predicted molar refractivity (Wildman–Crippen MR) is 126 cm³/mol. The monoisotopic (exact) mass is 394 g/mol. The molecule has 1 heterocycles. The lowest BCUT2D eigenvalue weighted by atomic mass is 9.61. The summed E-state index contributed by atoms with van der Waals surface area (Å²) >= 11 is 0. The quantitative estimate of drug-likeness (QED) is 0.521. The van der Waals surface area contributed by atoms with Gasteiger partial charge in [-0.2, -0.15) is 5.10 Å². The van der Waals surface area contributed by atoms with Crippen molar-refractivity contribution in [2.75, 3.05) is 0 Å². The van der Waals surface area contributed by atoms with Crippen LogP contribution in [0, 0.1) is 16.7 Å². The molecule has 2 atom stereocenters. The van der Waals surface area contributed by atoms with Crippen molar-refractivity contribution in [1.82, 2.24) is 5.43 Å². The zero-order valence-corrected chi connectivity index (χ0v) is 20.1. The van der Waals surface area contributed by atoms with E-state index in [1.54, 1.807) is 5.57 Å². The van der Waals surface area contributed by atoms with Gasteiger partial charge in [-0.15, -0.1) is 0 Å². The number of nitrogens with zero attached hydrogens (tertiary/aromatic N) is 1. The molecule has 0 saturated heterocycles. The third-order valence-electron chi connectivity index (χ3n) is 7.74. The largest absolute Gasteiger partial charge is 0.283 e. The van der Waals surface area contributed by atoms with Crippen LogP contribution in [0.15, 0.2) is 40.6 Å². The van der Waals surface area contributed by atoms with Gasteiger partial charge in [0.15, 0.2) is 0 Å². The molecule has 1 aromatic carbocycles. The highest BCUT2D eigenvalue weighted by Crippen LogP contribution is 2.50. The number of nitrogens with one attached hydrogen (secondary N) is 1. The van der Waals surface area contributed by atoms with Crippen molar-refractivity contribution in [2.24, 2.45) is 21.8 Å². The zero-order valence-electron chi connectivity index (χ0n) is 20.1. The fourth-order valence-electron chi connectivity index (χ4n) is 4.88. The van der Waals surface area contributed by atoms with Crippen LogP contribution in [0.5, 0.6) is 0 Å². The molecule has 1 fully saturated rings. The molecule has 1 aliphatic heterocycles. The van der Waals surface area contributed by atoms with E-state index in [2.05, 4.69) is 85.1 Å². The highest BCUT2D eigenvalue weighted by molar-refractivity contribution is 6.04. The van der Waals surface area contributed by atoms with E-state index in [1.165, 1.54) is 61.1 Å². The van der Waals surface area contributed by atoms with Gasteiger partial charge < -0.3 is 0 Å². The Hall–Kier alpha value is -1.57. The lowest BCUT2D eigenvalue weighted by Crippen LogP contribution is -2.37. The number of hydrogen-bond acceptors (Lipinski definition) is 2. The number of benzene rings is 1. The molecule has 0 radical (unpaired) electrons. The normalized spacial score (nSPS) is 26.6. The SMILES string of the molecule is CC1=C2CC(C)(C(C)(C)C)CCCCCC2C(c2ccc(C(C)(C)C)cc2)=NN1. The van der Waals surface area contributed by atoms with Crippen LogP contribution in [0.4, 0.5) is 0 Å². The minimum Gasteiger partial charge on any atom is -0.283 e. The highest BCUT2D eigenvalue weighted by Gasteiger charge is 2.41. The van der Waals surface area contributed by atoms with E-state index in [1.807, 2.05) is 0 Å². The number of allylic oxidation sites excluding steroid dienone is 2. The molecule has 1 saturated carbocycles. The Balaban J connectivity index is 1.97. The van der Waals surface area contributed by atoms with Crippen LogP contribution in [-0.4, -0.2) is 5.71 Å². The molecule has 29 heavy (non-hydrogen) atoms. The van der Waals surface area contributed by atoms with Crippen LogP contribution >= 0.6 is 0 Å². The van der Waals surface area contributed by atoms with Gasteiger partial charge in [-0.05, 0) is 59.1 Å². The topological polar surface area (TPSA) is 24.4 Å². The summed E-state index contributed by atoms with van der Waals surface area (Å²) in [5.41, 5.74) is 11.0. The average Bonchev–Trinajstić information content (AvgIpc) is 2.71. The van der Waals surface area contributed by atoms with E-state index in [0.717, 1.165) is 0 Å². The smallest absolute Gasteiger partial charge is 0.0751 e. The molecular formula is C27H42N2. The molecule has 0 spiro atoms. The van der Waals surface area contributed by atoms with E-state index in [0.29, 0.717) is 11.3 Å². The standard InChI is InChI=1S/C27H42N2/c1-19-23-18-27(8,26(5,6)7)17-11-9-10-12-22(23)24(29-28-19)20-13-15-21(16-14-20)25(2,3)4/h13-16,22,28H,9-12,17-18H2,1-8H3. The Morgan fingerprint density at radius 2 is 1.62 bits per heavy atom. The molecule has 3 rings (SSSR count). The van der Waals surface area contributed by atoms with Gasteiger partial charge in [0.25, 0.3) is 0 Å². The van der Waals surface area contributed by atoms with Crippen LogP contribution in [0.3, 0.4) is 0 Å². The summed E-state index contributed by atoms with van der Waals surface area (Å²) in [6.07, 6.45) is 7.66. The fraction of sp³-hybridized carbons (Fsp3) is 0.667. The molecule has 1 aromatic rings. The second-order valence-electron chi connectivity index (χ2n) is 11.7. The van der Waals surface area contributed by atoms with Crippen molar-refractivity contribution in [3.05, 3.63) is 46.7 Å². The van der Waals surface area contributed by atoms with Crippen LogP contribution in [0.25, 0.3) is 0 Å². The van der Waals surface area contributed by atoms with Crippen molar-refractivity contribution in [3.63, 3.8) is 0 Å². The fourth-order valence-corrected chi connectivity index (χ4v) is 4.88. The Morgan fingerprint density at radius 1 is 0.966 bits per heavy atom. The van der Waals surface area contributed by atoms with Gasteiger partial charge in [0.1, 0.15) is 0 Å². The molecule has 160 valence electrons. The lowest BCUT2D eigenvalue weighted by molar-refractivity contribution is 0.0917.